The van der Waals surface area contributed by atoms with Gasteiger partial charge < -0.3 is 19.9 Å². The van der Waals surface area contributed by atoms with Gasteiger partial charge in [0.1, 0.15) is 5.75 Å². The number of likely N-dealkylation sites (N-methyl/N-ethyl adjacent to an activating group) is 1. The molecule has 2 amide bonds. The van der Waals surface area contributed by atoms with Crippen LogP contribution in [0.15, 0.2) is 24.3 Å². The predicted octanol–water partition coefficient (Wildman–Crippen LogP) is 2.35. The molecule has 2 unspecified atom stereocenters. The highest BCUT2D eigenvalue weighted by molar-refractivity contribution is 5.74. The summed E-state index contributed by atoms with van der Waals surface area (Å²) >= 11 is 0. The van der Waals surface area contributed by atoms with Crippen LogP contribution in [-0.2, 0) is 0 Å². The summed E-state index contributed by atoms with van der Waals surface area (Å²) in [5.74, 6) is 1.44. The minimum absolute atomic E-state index is 0.0408. The largest absolute Gasteiger partial charge is 0.497 e. The van der Waals surface area contributed by atoms with Crippen molar-refractivity contribution in [2.24, 2.45) is 5.92 Å². The van der Waals surface area contributed by atoms with E-state index < -0.39 is 0 Å². The maximum absolute atomic E-state index is 12.2. The Balaban J connectivity index is 1.98. The zero-order chi connectivity index (χ0) is 16.1. The molecule has 2 rings (SSSR count). The molecule has 1 heterocycles. The van der Waals surface area contributed by atoms with Gasteiger partial charge in [-0.15, -0.1) is 0 Å². The van der Waals surface area contributed by atoms with Crippen LogP contribution in [0.1, 0.15) is 24.9 Å². The highest BCUT2D eigenvalue weighted by Gasteiger charge is 2.24. The summed E-state index contributed by atoms with van der Waals surface area (Å²) in [5, 5.41) is 3.07. The number of urea groups is 1. The van der Waals surface area contributed by atoms with Crippen LogP contribution in [0.3, 0.4) is 0 Å². The van der Waals surface area contributed by atoms with Gasteiger partial charge in [-0.25, -0.2) is 4.79 Å². The topological polar surface area (TPSA) is 44.8 Å². The van der Waals surface area contributed by atoms with Gasteiger partial charge in [0.15, 0.2) is 0 Å². The lowest BCUT2D eigenvalue weighted by molar-refractivity contribution is 0.201. The van der Waals surface area contributed by atoms with Gasteiger partial charge in [0.25, 0.3) is 0 Å². The fourth-order valence-corrected chi connectivity index (χ4v) is 2.86. The molecule has 2 atom stereocenters. The second kappa shape index (κ2) is 7.49. The molecule has 0 spiro atoms. The third-order valence-corrected chi connectivity index (χ3v) is 4.26. The molecule has 1 saturated heterocycles. The molecule has 122 valence electrons. The number of amides is 2. The maximum atomic E-state index is 12.2. The molecule has 5 heteroatoms. The van der Waals surface area contributed by atoms with Crippen molar-refractivity contribution in [3.8, 4) is 5.75 Å². The molecule has 5 nitrogen and oxygen atoms in total. The Labute approximate surface area is 133 Å². The smallest absolute Gasteiger partial charge is 0.317 e. The van der Waals surface area contributed by atoms with Crippen molar-refractivity contribution in [1.82, 2.24) is 15.1 Å². The monoisotopic (exact) mass is 305 g/mol. The minimum Gasteiger partial charge on any atom is -0.497 e. The first-order valence-electron chi connectivity index (χ1n) is 7.84. The van der Waals surface area contributed by atoms with Gasteiger partial charge in [0.05, 0.1) is 13.2 Å². The van der Waals surface area contributed by atoms with Crippen LogP contribution in [0.25, 0.3) is 0 Å². The number of hydrogen-bond acceptors (Lipinski definition) is 3. The molecule has 1 aliphatic heterocycles. The number of rotatable bonds is 5. The van der Waals surface area contributed by atoms with Crippen molar-refractivity contribution in [1.29, 1.82) is 0 Å². The Kier molecular flexibility index (Phi) is 5.66. The molecule has 1 fully saturated rings. The van der Waals surface area contributed by atoms with Gasteiger partial charge in [-0.1, -0.05) is 19.1 Å². The molecule has 0 aliphatic carbocycles. The van der Waals surface area contributed by atoms with E-state index >= 15 is 0 Å². The van der Waals surface area contributed by atoms with Gasteiger partial charge >= 0.3 is 6.03 Å². The van der Waals surface area contributed by atoms with Crippen molar-refractivity contribution < 1.29 is 9.53 Å². The van der Waals surface area contributed by atoms with Crippen molar-refractivity contribution in [3.05, 3.63) is 29.8 Å². The number of nitrogens with zero attached hydrogens (tertiary/aromatic N) is 2. The number of nitrogens with one attached hydrogen (secondary N) is 1. The van der Waals surface area contributed by atoms with E-state index in [1.165, 1.54) is 0 Å². The predicted molar refractivity (Wildman–Crippen MR) is 88.2 cm³/mol. The zero-order valence-corrected chi connectivity index (χ0v) is 14.0. The number of carbonyl (C=O) groups excluding carboxylic acids is 1. The first-order chi connectivity index (χ1) is 10.5. The van der Waals surface area contributed by atoms with E-state index in [1.54, 1.807) is 7.11 Å². The fraction of sp³-hybridized carbons (Fsp3) is 0.588. The number of carbonyl (C=O) groups is 1. The van der Waals surface area contributed by atoms with Crippen LogP contribution in [0, 0.1) is 5.92 Å². The third-order valence-electron chi connectivity index (χ3n) is 4.26. The third kappa shape index (κ3) is 4.13. The van der Waals surface area contributed by atoms with Gasteiger partial charge in [-0.2, -0.15) is 0 Å². The summed E-state index contributed by atoms with van der Waals surface area (Å²) in [6.45, 7) is 4.49. The van der Waals surface area contributed by atoms with E-state index in [9.17, 15) is 4.79 Å². The normalized spacial score (nSPS) is 19.3. The molecule has 0 radical (unpaired) electrons. The second-order valence-corrected chi connectivity index (χ2v) is 6.28. The highest BCUT2D eigenvalue weighted by Crippen LogP contribution is 2.22. The van der Waals surface area contributed by atoms with Crippen LogP contribution in [0.4, 0.5) is 4.79 Å². The Morgan fingerprint density at radius 1 is 1.50 bits per heavy atom. The molecular formula is C17H27N3O2. The fourth-order valence-electron chi connectivity index (χ4n) is 2.86. The van der Waals surface area contributed by atoms with Crippen LogP contribution in [0.2, 0.25) is 0 Å². The van der Waals surface area contributed by atoms with Crippen molar-refractivity contribution in [2.45, 2.75) is 19.4 Å². The lowest BCUT2D eigenvalue weighted by atomic mass is 10.1. The van der Waals surface area contributed by atoms with E-state index in [2.05, 4.69) is 23.2 Å². The number of hydrogen-bond donors (Lipinski definition) is 1. The lowest BCUT2D eigenvalue weighted by Crippen LogP contribution is -2.42. The van der Waals surface area contributed by atoms with Crippen LogP contribution >= 0.6 is 0 Å². The standard InChI is InChI=1S/C17H27N3O2/c1-13-8-9-20(12-13)17(21)18-11-16(19(2)3)14-6-5-7-15(10-14)22-4/h5-7,10,13,16H,8-9,11-12H2,1-4H3,(H,18,21). The van der Waals surface area contributed by atoms with Crippen molar-refractivity contribution in [2.75, 3.05) is 40.8 Å². The summed E-state index contributed by atoms with van der Waals surface area (Å²) < 4.78 is 5.29. The Morgan fingerprint density at radius 3 is 2.86 bits per heavy atom. The van der Waals surface area contributed by atoms with Crippen LogP contribution < -0.4 is 10.1 Å². The van der Waals surface area contributed by atoms with E-state index in [1.807, 2.05) is 37.2 Å². The first kappa shape index (κ1) is 16.6. The molecule has 0 saturated carbocycles. The zero-order valence-electron chi connectivity index (χ0n) is 14.0. The average molecular weight is 305 g/mol. The highest BCUT2D eigenvalue weighted by atomic mass is 16.5. The van der Waals surface area contributed by atoms with Gasteiger partial charge in [-0.3, -0.25) is 0 Å². The molecular weight excluding hydrogens is 278 g/mol. The molecule has 1 aromatic rings. The van der Waals surface area contributed by atoms with Gasteiger partial charge in [0, 0.05) is 19.6 Å². The molecule has 22 heavy (non-hydrogen) atoms. The molecule has 0 aromatic heterocycles. The Bertz CT molecular complexity index is 504. The van der Waals surface area contributed by atoms with E-state index in [4.69, 9.17) is 4.74 Å². The number of ether oxygens (including phenoxy) is 1. The molecule has 1 aliphatic rings. The summed E-state index contributed by atoms with van der Waals surface area (Å²) in [5.41, 5.74) is 1.14. The second-order valence-electron chi connectivity index (χ2n) is 6.28. The van der Waals surface area contributed by atoms with E-state index in [0.29, 0.717) is 12.5 Å². The number of methoxy groups -OCH3 is 1. The quantitative estimate of drug-likeness (QED) is 0.908. The van der Waals surface area contributed by atoms with Crippen molar-refractivity contribution >= 4 is 6.03 Å². The number of benzene rings is 1. The Hall–Kier alpha value is -1.75. The molecule has 1 N–H and O–H groups in total. The average Bonchev–Trinajstić information content (AvgIpc) is 2.94. The first-order valence-corrected chi connectivity index (χ1v) is 7.84. The summed E-state index contributed by atoms with van der Waals surface area (Å²) in [6.07, 6.45) is 1.10. The lowest BCUT2D eigenvalue weighted by Gasteiger charge is -2.26. The summed E-state index contributed by atoms with van der Waals surface area (Å²) in [7, 11) is 5.71. The summed E-state index contributed by atoms with van der Waals surface area (Å²) in [6, 6.07) is 8.17. The van der Waals surface area contributed by atoms with Gasteiger partial charge in [0.2, 0.25) is 0 Å². The van der Waals surface area contributed by atoms with E-state index in [0.717, 1.165) is 30.8 Å². The van der Waals surface area contributed by atoms with Crippen LogP contribution in [0.5, 0.6) is 5.75 Å². The minimum atomic E-state index is 0.0408. The SMILES string of the molecule is COc1cccc(C(CNC(=O)N2CCC(C)C2)N(C)C)c1. The van der Waals surface area contributed by atoms with Crippen molar-refractivity contribution in [3.63, 3.8) is 0 Å². The maximum Gasteiger partial charge on any atom is 0.317 e. The Morgan fingerprint density at radius 2 is 2.27 bits per heavy atom. The summed E-state index contributed by atoms with van der Waals surface area (Å²) in [4.78, 5) is 16.3. The number of likely N-dealkylation sites (tertiary alicyclic amines) is 1. The molecule has 0 bridgehead atoms. The molecule has 1 aromatic carbocycles. The van der Waals surface area contributed by atoms with Crippen LogP contribution in [-0.4, -0.2) is 56.7 Å². The van der Waals surface area contributed by atoms with Gasteiger partial charge in [-0.05, 0) is 44.1 Å². The van der Waals surface area contributed by atoms with E-state index in [-0.39, 0.29) is 12.1 Å².